The quantitative estimate of drug-likeness (QED) is 0.678. The van der Waals surface area contributed by atoms with Gasteiger partial charge in [0.1, 0.15) is 0 Å². The van der Waals surface area contributed by atoms with Crippen molar-refractivity contribution in [3.8, 4) is 0 Å². The van der Waals surface area contributed by atoms with Crippen LogP contribution < -0.4 is 5.73 Å². The SMILES string of the molecule is C=C(C)CCC(N)C1(C)CCCO1. The van der Waals surface area contributed by atoms with Crippen molar-refractivity contribution in [3.63, 3.8) is 0 Å². The van der Waals surface area contributed by atoms with Crippen LogP contribution in [-0.2, 0) is 4.74 Å². The summed E-state index contributed by atoms with van der Waals surface area (Å²) in [5.74, 6) is 0. The third kappa shape index (κ3) is 2.82. The van der Waals surface area contributed by atoms with Gasteiger partial charge in [-0.2, -0.15) is 0 Å². The van der Waals surface area contributed by atoms with Crippen molar-refractivity contribution in [2.45, 2.75) is 51.2 Å². The molecule has 1 rings (SSSR count). The number of nitrogens with two attached hydrogens (primary N) is 1. The van der Waals surface area contributed by atoms with Gasteiger partial charge in [0.05, 0.1) is 5.60 Å². The molecule has 2 atom stereocenters. The molecule has 0 aromatic heterocycles. The lowest BCUT2D eigenvalue weighted by atomic mass is 9.90. The van der Waals surface area contributed by atoms with Crippen LogP contribution in [0, 0.1) is 0 Å². The first kappa shape index (κ1) is 10.7. The van der Waals surface area contributed by atoms with Crippen LogP contribution in [0.25, 0.3) is 0 Å². The summed E-state index contributed by atoms with van der Waals surface area (Å²) >= 11 is 0. The topological polar surface area (TPSA) is 35.2 Å². The van der Waals surface area contributed by atoms with Gasteiger partial charge in [0, 0.05) is 12.6 Å². The highest BCUT2D eigenvalue weighted by Crippen LogP contribution is 2.29. The van der Waals surface area contributed by atoms with Gasteiger partial charge in [-0.05, 0) is 39.5 Å². The first-order valence-corrected chi connectivity index (χ1v) is 5.08. The Morgan fingerprint density at radius 3 is 2.85 bits per heavy atom. The van der Waals surface area contributed by atoms with Gasteiger partial charge in [-0.15, -0.1) is 6.58 Å². The van der Waals surface area contributed by atoms with Crippen molar-refractivity contribution in [2.75, 3.05) is 6.61 Å². The second kappa shape index (κ2) is 4.25. The Bertz CT molecular complexity index is 183. The first-order valence-electron chi connectivity index (χ1n) is 5.08. The number of hydrogen-bond donors (Lipinski definition) is 1. The molecule has 1 heterocycles. The van der Waals surface area contributed by atoms with Crippen LogP contribution >= 0.6 is 0 Å². The molecule has 2 nitrogen and oxygen atoms in total. The van der Waals surface area contributed by atoms with Gasteiger partial charge in [-0.1, -0.05) is 5.57 Å². The fourth-order valence-electron chi connectivity index (χ4n) is 1.80. The lowest BCUT2D eigenvalue weighted by Gasteiger charge is -2.30. The molecule has 0 bridgehead atoms. The van der Waals surface area contributed by atoms with E-state index in [0.29, 0.717) is 0 Å². The molecular weight excluding hydrogens is 162 g/mol. The Morgan fingerprint density at radius 2 is 2.38 bits per heavy atom. The highest BCUT2D eigenvalue weighted by Gasteiger charge is 2.35. The van der Waals surface area contributed by atoms with E-state index < -0.39 is 0 Å². The van der Waals surface area contributed by atoms with E-state index in [1.165, 1.54) is 5.57 Å². The molecule has 13 heavy (non-hydrogen) atoms. The van der Waals surface area contributed by atoms with Gasteiger partial charge < -0.3 is 10.5 Å². The third-order valence-corrected chi connectivity index (χ3v) is 2.92. The molecule has 1 saturated heterocycles. The molecule has 2 N–H and O–H groups in total. The fraction of sp³-hybridized carbons (Fsp3) is 0.818. The molecule has 0 amide bonds. The van der Waals surface area contributed by atoms with Crippen molar-refractivity contribution in [2.24, 2.45) is 5.73 Å². The van der Waals surface area contributed by atoms with Crippen molar-refractivity contribution >= 4 is 0 Å². The summed E-state index contributed by atoms with van der Waals surface area (Å²) in [5.41, 5.74) is 7.23. The van der Waals surface area contributed by atoms with Crippen molar-refractivity contribution in [1.82, 2.24) is 0 Å². The van der Waals surface area contributed by atoms with Crippen LogP contribution in [0.4, 0.5) is 0 Å². The van der Waals surface area contributed by atoms with E-state index in [9.17, 15) is 0 Å². The van der Waals surface area contributed by atoms with Crippen LogP contribution in [0.15, 0.2) is 12.2 Å². The minimum absolute atomic E-state index is 0.0740. The molecule has 0 aromatic rings. The van der Waals surface area contributed by atoms with Gasteiger partial charge in [0.25, 0.3) is 0 Å². The lowest BCUT2D eigenvalue weighted by Crippen LogP contribution is -2.45. The second-order valence-electron chi connectivity index (χ2n) is 4.37. The van der Waals surface area contributed by atoms with Gasteiger partial charge in [0.15, 0.2) is 0 Å². The molecule has 76 valence electrons. The number of rotatable bonds is 4. The highest BCUT2D eigenvalue weighted by atomic mass is 16.5. The predicted molar refractivity (Wildman–Crippen MR) is 55.6 cm³/mol. The Labute approximate surface area is 81.1 Å². The summed E-state index contributed by atoms with van der Waals surface area (Å²) in [6.07, 6.45) is 4.26. The van der Waals surface area contributed by atoms with E-state index in [0.717, 1.165) is 32.3 Å². The smallest absolute Gasteiger partial charge is 0.0805 e. The van der Waals surface area contributed by atoms with Crippen LogP contribution in [0.2, 0.25) is 0 Å². The molecule has 1 aliphatic rings. The first-order chi connectivity index (χ1) is 6.04. The number of allylic oxidation sites excluding steroid dienone is 1. The molecule has 0 aromatic carbocycles. The van der Waals surface area contributed by atoms with Crippen LogP contribution in [0.1, 0.15) is 39.5 Å². The maximum atomic E-state index is 6.10. The minimum Gasteiger partial charge on any atom is -0.374 e. The standard InChI is InChI=1S/C11H21NO/c1-9(2)5-6-10(12)11(3)7-4-8-13-11/h10H,1,4-8,12H2,2-3H3. The summed E-state index contributed by atoms with van der Waals surface area (Å²) in [7, 11) is 0. The van der Waals surface area contributed by atoms with E-state index >= 15 is 0 Å². The lowest BCUT2D eigenvalue weighted by molar-refractivity contribution is -0.00295. The van der Waals surface area contributed by atoms with Crippen molar-refractivity contribution < 1.29 is 4.74 Å². The second-order valence-corrected chi connectivity index (χ2v) is 4.37. The van der Waals surface area contributed by atoms with E-state index in [1.807, 2.05) is 6.92 Å². The zero-order chi connectivity index (χ0) is 9.90. The molecule has 0 saturated carbocycles. The molecule has 2 unspecified atom stereocenters. The average Bonchev–Trinajstić information content (AvgIpc) is 2.49. The van der Waals surface area contributed by atoms with Crippen molar-refractivity contribution in [3.05, 3.63) is 12.2 Å². The van der Waals surface area contributed by atoms with Crippen LogP contribution in [0.5, 0.6) is 0 Å². The van der Waals surface area contributed by atoms with E-state index in [2.05, 4.69) is 13.5 Å². The van der Waals surface area contributed by atoms with E-state index in [-0.39, 0.29) is 11.6 Å². The third-order valence-electron chi connectivity index (χ3n) is 2.92. The van der Waals surface area contributed by atoms with Gasteiger partial charge >= 0.3 is 0 Å². The normalized spacial score (nSPS) is 30.4. The molecule has 2 heteroatoms. The fourth-order valence-corrected chi connectivity index (χ4v) is 1.80. The van der Waals surface area contributed by atoms with Gasteiger partial charge in [0.2, 0.25) is 0 Å². The Balaban J connectivity index is 2.37. The molecule has 0 aliphatic carbocycles. The molecular formula is C11H21NO. The summed E-state index contributed by atoms with van der Waals surface area (Å²) in [6, 6.07) is 0.159. The van der Waals surface area contributed by atoms with E-state index in [4.69, 9.17) is 10.5 Å². The van der Waals surface area contributed by atoms with Gasteiger partial charge in [-0.25, -0.2) is 0 Å². The Hall–Kier alpha value is -0.340. The predicted octanol–water partition coefficient (Wildman–Crippen LogP) is 2.24. The molecule has 1 aliphatic heterocycles. The Morgan fingerprint density at radius 1 is 1.69 bits per heavy atom. The van der Waals surface area contributed by atoms with Crippen LogP contribution in [-0.4, -0.2) is 18.2 Å². The largest absolute Gasteiger partial charge is 0.374 e. The van der Waals surface area contributed by atoms with Gasteiger partial charge in [-0.3, -0.25) is 0 Å². The molecule has 0 spiro atoms. The van der Waals surface area contributed by atoms with E-state index in [1.54, 1.807) is 0 Å². The van der Waals surface area contributed by atoms with Crippen LogP contribution in [0.3, 0.4) is 0 Å². The minimum atomic E-state index is -0.0740. The van der Waals surface area contributed by atoms with Crippen molar-refractivity contribution in [1.29, 1.82) is 0 Å². The summed E-state index contributed by atoms with van der Waals surface area (Å²) in [4.78, 5) is 0. The molecule has 0 radical (unpaired) electrons. The Kier molecular flexibility index (Phi) is 3.51. The summed E-state index contributed by atoms with van der Waals surface area (Å²) in [6.45, 7) is 8.93. The summed E-state index contributed by atoms with van der Waals surface area (Å²) < 4.78 is 5.68. The number of ether oxygens (including phenoxy) is 1. The summed E-state index contributed by atoms with van der Waals surface area (Å²) in [5, 5.41) is 0. The highest BCUT2D eigenvalue weighted by molar-refractivity contribution is 4.95. The number of hydrogen-bond acceptors (Lipinski definition) is 2. The molecule has 1 fully saturated rings. The monoisotopic (exact) mass is 183 g/mol. The zero-order valence-electron chi connectivity index (χ0n) is 8.81. The maximum Gasteiger partial charge on any atom is 0.0805 e. The zero-order valence-corrected chi connectivity index (χ0v) is 8.81. The average molecular weight is 183 g/mol. The maximum absolute atomic E-state index is 6.10.